The van der Waals surface area contributed by atoms with Gasteiger partial charge in [0.25, 0.3) is 0 Å². The van der Waals surface area contributed by atoms with Crippen LogP contribution in [0.25, 0.3) is 0 Å². The van der Waals surface area contributed by atoms with Crippen molar-refractivity contribution in [1.82, 2.24) is 4.72 Å². The molecule has 0 aromatic heterocycles. The number of nitrogens with two attached hydrogens (primary N) is 1. The van der Waals surface area contributed by atoms with Crippen molar-refractivity contribution in [2.24, 2.45) is 5.73 Å². The van der Waals surface area contributed by atoms with E-state index >= 15 is 0 Å². The first-order valence-corrected chi connectivity index (χ1v) is 7.97. The molecular formula is C11H22N2O3S. The molecular weight excluding hydrogens is 240 g/mol. The average Bonchev–Trinajstić information content (AvgIpc) is 2.33. The monoisotopic (exact) mass is 262 g/mol. The second kappa shape index (κ2) is 5.65. The summed E-state index contributed by atoms with van der Waals surface area (Å²) in [7, 11) is -3.22. The van der Waals surface area contributed by atoms with Crippen molar-refractivity contribution in [3.05, 3.63) is 0 Å². The number of hydrogen-bond donors (Lipinski definition) is 2. The van der Waals surface area contributed by atoms with E-state index in [1.807, 2.05) is 0 Å². The van der Waals surface area contributed by atoms with Crippen LogP contribution in [0.2, 0.25) is 0 Å². The lowest BCUT2D eigenvalue weighted by Crippen LogP contribution is -2.46. The molecule has 2 fully saturated rings. The Morgan fingerprint density at radius 1 is 1.12 bits per heavy atom. The van der Waals surface area contributed by atoms with Crippen molar-refractivity contribution in [1.29, 1.82) is 0 Å². The third-order valence-corrected chi connectivity index (χ3v) is 5.57. The van der Waals surface area contributed by atoms with Crippen molar-refractivity contribution in [3.8, 4) is 0 Å². The fourth-order valence-corrected chi connectivity index (χ4v) is 4.17. The number of nitrogens with one attached hydrogen (secondary N) is 1. The SMILES string of the molecule is NC1CCC(NS(=O)(=O)C2CCCOC2)CC1. The molecule has 0 amide bonds. The lowest BCUT2D eigenvalue weighted by atomic mass is 9.93. The quantitative estimate of drug-likeness (QED) is 0.769. The maximum Gasteiger partial charge on any atom is 0.217 e. The Hall–Kier alpha value is -0.170. The molecule has 5 nitrogen and oxygen atoms in total. The molecule has 0 radical (unpaired) electrons. The van der Waals surface area contributed by atoms with Gasteiger partial charge in [0.05, 0.1) is 11.9 Å². The van der Waals surface area contributed by atoms with Gasteiger partial charge in [-0.1, -0.05) is 0 Å². The maximum atomic E-state index is 12.1. The third kappa shape index (κ3) is 3.64. The predicted octanol–water partition coefficient (Wildman–Crippen LogP) is 0.355. The normalized spacial score (nSPS) is 35.7. The second-order valence-corrected chi connectivity index (χ2v) is 7.11. The van der Waals surface area contributed by atoms with Gasteiger partial charge < -0.3 is 10.5 Å². The largest absolute Gasteiger partial charge is 0.380 e. The predicted molar refractivity (Wildman–Crippen MR) is 66.1 cm³/mol. The van der Waals surface area contributed by atoms with Crippen LogP contribution in [0.15, 0.2) is 0 Å². The Morgan fingerprint density at radius 3 is 2.41 bits per heavy atom. The highest BCUT2D eigenvalue weighted by Crippen LogP contribution is 2.20. The van der Waals surface area contributed by atoms with Crippen LogP contribution in [0, 0.1) is 0 Å². The summed E-state index contributed by atoms with van der Waals surface area (Å²) in [6.45, 7) is 1.02. The van der Waals surface area contributed by atoms with Crippen LogP contribution in [0.5, 0.6) is 0 Å². The van der Waals surface area contributed by atoms with E-state index in [4.69, 9.17) is 10.5 Å². The molecule has 100 valence electrons. The first-order valence-electron chi connectivity index (χ1n) is 6.42. The molecule has 0 spiro atoms. The first kappa shape index (κ1) is 13.3. The van der Waals surface area contributed by atoms with Gasteiger partial charge in [0.1, 0.15) is 0 Å². The van der Waals surface area contributed by atoms with Crippen molar-refractivity contribution in [2.45, 2.75) is 55.9 Å². The molecule has 0 aromatic rings. The number of hydrogen-bond acceptors (Lipinski definition) is 4. The average molecular weight is 262 g/mol. The molecule has 1 saturated carbocycles. The zero-order chi connectivity index (χ0) is 12.3. The Bertz CT molecular complexity index is 331. The van der Waals surface area contributed by atoms with Gasteiger partial charge in [-0.25, -0.2) is 13.1 Å². The summed E-state index contributed by atoms with van der Waals surface area (Å²) in [5.74, 6) is 0. The Morgan fingerprint density at radius 2 is 1.82 bits per heavy atom. The lowest BCUT2D eigenvalue weighted by Gasteiger charge is -2.29. The highest BCUT2D eigenvalue weighted by Gasteiger charge is 2.31. The van der Waals surface area contributed by atoms with Crippen LogP contribution in [-0.4, -0.2) is 39.0 Å². The molecule has 0 bridgehead atoms. The van der Waals surface area contributed by atoms with Gasteiger partial charge in [-0.15, -0.1) is 0 Å². The summed E-state index contributed by atoms with van der Waals surface area (Å²) in [5.41, 5.74) is 5.81. The summed E-state index contributed by atoms with van der Waals surface area (Å²) < 4.78 is 32.3. The fourth-order valence-electron chi connectivity index (χ4n) is 2.52. The van der Waals surface area contributed by atoms with Gasteiger partial charge >= 0.3 is 0 Å². The highest BCUT2D eigenvalue weighted by molar-refractivity contribution is 7.90. The van der Waals surface area contributed by atoms with E-state index in [1.54, 1.807) is 0 Å². The Kier molecular flexibility index (Phi) is 4.41. The van der Waals surface area contributed by atoms with Crippen molar-refractivity contribution in [2.75, 3.05) is 13.2 Å². The molecule has 2 aliphatic rings. The third-order valence-electron chi connectivity index (χ3n) is 3.66. The fraction of sp³-hybridized carbons (Fsp3) is 1.00. The smallest absolute Gasteiger partial charge is 0.217 e. The summed E-state index contributed by atoms with van der Waals surface area (Å²) in [6.07, 6.45) is 5.08. The number of rotatable bonds is 3. The standard InChI is InChI=1S/C11H22N2O3S/c12-9-3-5-10(6-4-9)13-17(14,15)11-2-1-7-16-8-11/h9-11,13H,1-8,12H2. The van der Waals surface area contributed by atoms with Crippen LogP contribution in [-0.2, 0) is 14.8 Å². The summed E-state index contributed by atoms with van der Waals surface area (Å²) in [4.78, 5) is 0. The van der Waals surface area contributed by atoms with Crippen molar-refractivity contribution in [3.63, 3.8) is 0 Å². The second-order valence-electron chi connectivity index (χ2n) is 5.11. The van der Waals surface area contributed by atoms with Crippen molar-refractivity contribution < 1.29 is 13.2 Å². The molecule has 0 aromatic carbocycles. The summed E-state index contributed by atoms with van der Waals surface area (Å²) in [5, 5.41) is -0.369. The minimum absolute atomic E-state index is 0.0710. The van der Waals surface area contributed by atoms with Crippen molar-refractivity contribution >= 4 is 10.0 Å². The molecule has 17 heavy (non-hydrogen) atoms. The minimum atomic E-state index is -3.22. The number of sulfonamides is 1. The van der Waals surface area contributed by atoms with E-state index in [1.165, 1.54) is 0 Å². The number of ether oxygens (including phenoxy) is 1. The Balaban J connectivity index is 1.88. The van der Waals surface area contributed by atoms with Gasteiger partial charge in [-0.05, 0) is 38.5 Å². The molecule has 3 N–H and O–H groups in total. The highest BCUT2D eigenvalue weighted by atomic mass is 32.2. The molecule has 1 saturated heterocycles. The Labute approximate surface area is 103 Å². The molecule has 1 unspecified atom stereocenters. The van der Waals surface area contributed by atoms with Gasteiger partial charge in [0, 0.05) is 18.7 Å². The maximum absolute atomic E-state index is 12.1. The molecule has 1 atom stereocenters. The lowest BCUT2D eigenvalue weighted by molar-refractivity contribution is 0.0986. The molecule has 1 heterocycles. The first-order chi connectivity index (χ1) is 8.08. The zero-order valence-electron chi connectivity index (χ0n) is 10.1. The van der Waals surface area contributed by atoms with Gasteiger partial charge in [0.2, 0.25) is 10.0 Å². The summed E-state index contributed by atoms with van der Waals surface area (Å²) >= 11 is 0. The van der Waals surface area contributed by atoms with E-state index in [-0.39, 0.29) is 17.3 Å². The zero-order valence-corrected chi connectivity index (χ0v) is 10.9. The van der Waals surface area contributed by atoms with Crippen LogP contribution in [0.3, 0.4) is 0 Å². The summed E-state index contributed by atoms with van der Waals surface area (Å²) in [6, 6.07) is 0.315. The van der Waals surface area contributed by atoms with Gasteiger partial charge in [0.15, 0.2) is 0 Å². The van der Waals surface area contributed by atoms with E-state index in [9.17, 15) is 8.42 Å². The van der Waals surface area contributed by atoms with Crippen LogP contribution >= 0.6 is 0 Å². The topological polar surface area (TPSA) is 81.4 Å². The van der Waals surface area contributed by atoms with Crippen LogP contribution in [0.4, 0.5) is 0 Å². The molecule has 1 aliphatic heterocycles. The van der Waals surface area contributed by atoms with E-state index in [2.05, 4.69) is 4.72 Å². The molecule has 6 heteroatoms. The molecule has 2 rings (SSSR count). The van der Waals surface area contributed by atoms with E-state index in [0.29, 0.717) is 19.6 Å². The molecule has 1 aliphatic carbocycles. The van der Waals surface area contributed by atoms with Crippen LogP contribution < -0.4 is 10.5 Å². The van der Waals surface area contributed by atoms with Crippen LogP contribution in [0.1, 0.15) is 38.5 Å². The van der Waals surface area contributed by atoms with E-state index in [0.717, 1.165) is 32.1 Å². The van der Waals surface area contributed by atoms with Gasteiger partial charge in [-0.3, -0.25) is 0 Å². The van der Waals surface area contributed by atoms with E-state index < -0.39 is 10.0 Å². The van der Waals surface area contributed by atoms with Gasteiger partial charge in [-0.2, -0.15) is 0 Å². The minimum Gasteiger partial charge on any atom is -0.380 e.